The number of carbonyl (C=O) groups is 1. The summed E-state index contributed by atoms with van der Waals surface area (Å²) in [5.41, 5.74) is 9.27. The number of quaternary nitrogens is 1. The summed E-state index contributed by atoms with van der Waals surface area (Å²) in [6.45, 7) is 10.5. The smallest absolute Gasteiger partial charge is 0.344 e. The molecule has 152 valence electrons. The van der Waals surface area contributed by atoms with Gasteiger partial charge in [0.05, 0.1) is 0 Å². The average Bonchev–Trinajstić information content (AvgIpc) is 2.63. The molecule has 0 spiro atoms. The van der Waals surface area contributed by atoms with E-state index in [-0.39, 0.29) is 24.6 Å². The summed E-state index contributed by atoms with van der Waals surface area (Å²) in [5, 5.41) is 10.0. The van der Waals surface area contributed by atoms with E-state index in [1.807, 2.05) is 39.0 Å². The fourth-order valence-corrected chi connectivity index (χ4v) is 3.16. The normalized spacial score (nSPS) is 12.1. The molecule has 0 radical (unpaired) electrons. The number of rotatable bonds is 8. The molecule has 0 amide bonds. The number of benzene rings is 2. The maximum absolute atomic E-state index is 11.8. The number of carbonyl (C=O) groups excluding carboxylic acids is 1. The van der Waals surface area contributed by atoms with E-state index in [2.05, 4.69) is 25.6 Å². The SMILES string of the molecule is Cc1cc(OCC(=O)OC(C)C[NH3+])cc(C)c1Cc1ccc(O)c(C(C)C)c1. The first-order valence-corrected chi connectivity index (χ1v) is 9.74. The lowest BCUT2D eigenvalue weighted by Crippen LogP contribution is -2.55. The summed E-state index contributed by atoms with van der Waals surface area (Å²) < 4.78 is 10.8. The van der Waals surface area contributed by atoms with Gasteiger partial charge in [0.2, 0.25) is 0 Å². The largest absolute Gasteiger partial charge is 0.508 e. The number of aryl methyl sites for hydroxylation is 2. The van der Waals surface area contributed by atoms with Crippen molar-refractivity contribution in [1.29, 1.82) is 0 Å². The fraction of sp³-hybridized carbons (Fsp3) is 0.435. The van der Waals surface area contributed by atoms with Crippen LogP contribution in [0.4, 0.5) is 0 Å². The molecule has 2 aromatic carbocycles. The summed E-state index contributed by atoms with van der Waals surface area (Å²) in [6, 6.07) is 9.70. The molecule has 0 aliphatic carbocycles. The fourth-order valence-electron chi connectivity index (χ4n) is 3.16. The monoisotopic (exact) mass is 386 g/mol. The van der Waals surface area contributed by atoms with Gasteiger partial charge in [-0.15, -0.1) is 0 Å². The predicted octanol–water partition coefficient (Wildman–Crippen LogP) is 3.28. The molecule has 28 heavy (non-hydrogen) atoms. The van der Waals surface area contributed by atoms with Gasteiger partial charge in [0.1, 0.15) is 24.1 Å². The molecular weight excluding hydrogens is 354 g/mol. The first kappa shape index (κ1) is 21.8. The molecule has 0 fully saturated rings. The molecule has 1 atom stereocenters. The lowest BCUT2D eigenvalue weighted by atomic mass is 9.93. The van der Waals surface area contributed by atoms with E-state index < -0.39 is 0 Å². The van der Waals surface area contributed by atoms with Gasteiger partial charge in [-0.3, -0.25) is 0 Å². The van der Waals surface area contributed by atoms with Crippen molar-refractivity contribution in [3.05, 3.63) is 58.1 Å². The molecule has 1 unspecified atom stereocenters. The van der Waals surface area contributed by atoms with Crippen molar-refractivity contribution in [2.24, 2.45) is 0 Å². The highest BCUT2D eigenvalue weighted by Gasteiger charge is 2.13. The van der Waals surface area contributed by atoms with Gasteiger partial charge in [0.25, 0.3) is 0 Å². The minimum absolute atomic E-state index is 0.113. The quantitative estimate of drug-likeness (QED) is 0.682. The Morgan fingerprint density at radius 2 is 1.75 bits per heavy atom. The summed E-state index contributed by atoms with van der Waals surface area (Å²) in [5.74, 6) is 0.882. The highest BCUT2D eigenvalue weighted by atomic mass is 16.6. The van der Waals surface area contributed by atoms with Crippen molar-refractivity contribution < 1.29 is 25.1 Å². The van der Waals surface area contributed by atoms with Crippen LogP contribution in [0.15, 0.2) is 30.3 Å². The van der Waals surface area contributed by atoms with E-state index in [0.29, 0.717) is 18.0 Å². The summed E-state index contributed by atoms with van der Waals surface area (Å²) in [7, 11) is 0. The molecule has 2 rings (SSSR count). The zero-order chi connectivity index (χ0) is 20.8. The Balaban J connectivity index is 2.12. The molecule has 0 aromatic heterocycles. The van der Waals surface area contributed by atoms with E-state index in [1.54, 1.807) is 6.07 Å². The van der Waals surface area contributed by atoms with Crippen molar-refractivity contribution in [2.45, 2.75) is 53.1 Å². The number of hydrogen-bond donors (Lipinski definition) is 2. The van der Waals surface area contributed by atoms with E-state index in [9.17, 15) is 9.90 Å². The van der Waals surface area contributed by atoms with Gasteiger partial charge in [-0.1, -0.05) is 26.0 Å². The van der Waals surface area contributed by atoms with Crippen LogP contribution in [0.2, 0.25) is 0 Å². The van der Waals surface area contributed by atoms with E-state index >= 15 is 0 Å². The zero-order valence-corrected chi connectivity index (χ0v) is 17.5. The number of ether oxygens (including phenoxy) is 2. The number of phenolic OH excluding ortho intramolecular Hbond substituents is 1. The molecule has 0 bridgehead atoms. The minimum Gasteiger partial charge on any atom is -0.508 e. The lowest BCUT2D eigenvalue weighted by Gasteiger charge is -2.16. The molecule has 0 heterocycles. The summed E-state index contributed by atoms with van der Waals surface area (Å²) >= 11 is 0. The maximum atomic E-state index is 11.8. The highest BCUT2D eigenvalue weighted by molar-refractivity contribution is 5.71. The van der Waals surface area contributed by atoms with Crippen molar-refractivity contribution in [3.8, 4) is 11.5 Å². The zero-order valence-electron chi connectivity index (χ0n) is 17.5. The molecule has 2 aromatic rings. The van der Waals surface area contributed by atoms with Crippen molar-refractivity contribution in [2.75, 3.05) is 13.2 Å². The van der Waals surface area contributed by atoms with Gasteiger partial charge in [-0.05, 0) is 79.1 Å². The molecule has 5 heteroatoms. The second-order valence-electron chi connectivity index (χ2n) is 7.64. The number of phenols is 1. The van der Waals surface area contributed by atoms with Crippen LogP contribution >= 0.6 is 0 Å². The van der Waals surface area contributed by atoms with Crippen LogP contribution in [0, 0.1) is 13.8 Å². The Hall–Kier alpha value is -2.53. The van der Waals surface area contributed by atoms with Crippen LogP contribution in [-0.4, -0.2) is 30.3 Å². The second kappa shape index (κ2) is 9.60. The van der Waals surface area contributed by atoms with E-state index in [1.165, 1.54) is 5.56 Å². The van der Waals surface area contributed by atoms with Crippen LogP contribution in [0.3, 0.4) is 0 Å². The second-order valence-corrected chi connectivity index (χ2v) is 7.64. The molecule has 0 aliphatic heterocycles. The van der Waals surface area contributed by atoms with Crippen LogP contribution < -0.4 is 10.5 Å². The topological polar surface area (TPSA) is 83.4 Å². The average molecular weight is 387 g/mol. The molecule has 4 N–H and O–H groups in total. The van der Waals surface area contributed by atoms with Crippen LogP contribution in [0.5, 0.6) is 11.5 Å². The number of hydrogen-bond acceptors (Lipinski definition) is 4. The van der Waals surface area contributed by atoms with Gasteiger partial charge in [0, 0.05) is 0 Å². The Kier molecular flexibility index (Phi) is 7.46. The molecule has 5 nitrogen and oxygen atoms in total. The molecular formula is C23H32NO4+. The Morgan fingerprint density at radius 1 is 1.11 bits per heavy atom. The van der Waals surface area contributed by atoms with Gasteiger partial charge in [0.15, 0.2) is 6.61 Å². The van der Waals surface area contributed by atoms with Crippen LogP contribution in [0.25, 0.3) is 0 Å². The van der Waals surface area contributed by atoms with Gasteiger partial charge >= 0.3 is 5.97 Å². The third-order valence-corrected chi connectivity index (χ3v) is 4.86. The Bertz CT molecular complexity index is 806. The number of esters is 1. The van der Waals surface area contributed by atoms with E-state index in [4.69, 9.17) is 9.47 Å². The Morgan fingerprint density at radius 3 is 2.32 bits per heavy atom. The van der Waals surface area contributed by atoms with Gasteiger partial charge in [-0.2, -0.15) is 0 Å². The van der Waals surface area contributed by atoms with Gasteiger partial charge < -0.3 is 20.3 Å². The van der Waals surface area contributed by atoms with Crippen molar-refractivity contribution in [3.63, 3.8) is 0 Å². The van der Waals surface area contributed by atoms with Crippen LogP contribution in [-0.2, 0) is 16.0 Å². The summed E-state index contributed by atoms with van der Waals surface area (Å²) in [6.07, 6.45) is 0.573. The highest BCUT2D eigenvalue weighted by Crippen LogP contribution is 2.29. The number of aromatic hydroxyl groups is 1. The third kappa shape index (κ3) is 5.73. The maximum Gasteiger partial charge on any atom is 0.344 e. The summed E-state index contributed by atoms with van der Waals surface area (Å²) in [4.78, 5) is 11.8. The van der Waals surface area contributed by atoms with Gasteiger partial charge in [-0.25, -0.2) is 4.79 Å². The third-order valence-electron chi connectivity index (χ3n) is 4.86. The molecule has 0 saturated heterocycles. The van der Waals surface area contributed by atoms with Crippen molar-refractivity contribution in [1.82, 2.24) is 0 Å². The first-order valence-electron chi connectivity index (χ1n) is 9.74. The van der Waals surface area contributed by atoms with Crippen LogP contribution in [0.1, 0.15) is 54.5 Å². The minimum atomic E-state index is -0.388. The lowest BCUT2D eigenvalue weighted by molar-refractivity contribution is -0.382. The predicted molar refractivity (Wildman–Crippen MR) is 110 cm³/mol. The van der Waals surface area contributed by atoms with Crippen molar-refractivity contribution >= 4 is 5.97 Å². The molecule has 0 aliphatic rings. The first-order chi connectivity index (χ1) is 13.2. The molecule has 0 saturated carbocycles. The van der Waals surface area contributed by atoms with E-state index in [0.717, 1.165) is 28.7 Å². The Labute approximate surface area is 167 Å². The standard InChI is InChI=1S/C23H31NO4/c1-14(2)20-10-18(6-7-22(20)25)11-21-15(3)8-19(9-16(21)4)27-13-23(26)28-17(5)12-24/h6-10,14,17,25H,11-13,24H2,1-5H3/p+1.